The average Bonchev–Trinajstić information content (AvgIpc) is 2.33. The van der Waals surface area contributed by atoms with Crippen LogP contribution in [-0.2, 0) is 11.0 Å². The average molecular weight is 261 g/mol. The van der Waals surface area contributed by atoms with E-state index >= 15 is 0 Å². The van der Waals surface area contributed by atoms with Gasteiger partial charge in [-0.05, 0) is 18.6 Å². The molecule has 1 rings (SSSR count). The van der Waals surface area contributed by atoms with E-state index in [2.05, 4.69) is 15.6 Å². The van der Waals surface area contributed by atoms with Crippen molar-refractivity contribution in [3.05, 3.63) is 23.9 Å². The maximum absolute atomic E-state index is 12.4. The van der Waals surface area contributed by atoms with Crippen molar-refractivity contribution in [1.82, 2.24) is 10.3 Å². The Bertz CT molecular complexity index is 407. The van der Waals surface area contributed by atoms with Crippen molar-refractivity contribution in [2.75, 3.05) is 18.4 Å². The Morgan fingerprint density at radius 3 is 2.72 bits per heavy atom. The lowest BCUT2D eigenvalue weighted by Crippen LogP contribution is -2.30. The first-order valence-corrected chi connectivity index (χ1v) is 5.48. The number of hydrogen-bond acceptors (Lipinski definition) is 3. The Morgan fingerprint density at radius 2 is 2.11 bits per heavy atom. The first-order valence-electron chi connectivity index (χ1n) is 5.48. The van der Waals surface area contributed by atoms with Crippen LogP contribution in [0.3, 0.4) is 0 Å². The Balaban J connectivity index is 2.55. The van der Waals surface area contributed by atoms with Gasteiger partial charge in [0.1, 0.15) is 11.5 Å². The van der Waals surface area contributed by atoms with E-state index in [9.17, 15) is 18.0 Å². The maximum atomic E-state index is 12.4. The third-order valence-corrected chi connectivity index (χ3v) is 2.04. The van der Waals surface area contributed by atoms with Crippen LogP contribution in [0, 0.1) is 0 Å². The van der Waals surface area contributed by atoms with Gasteiger partial charge in [0.15, 0.2) is 0 Å². The number of alkyl halides is 3. The van der Waals surface area contributed by atoms with E-state index < -0.39 is 11.9 Å². The molecule has 1 aromatic heterocycles. The van der Waals surface area contributed by atoms with Crippen molar-refractivity contribution in [3.8, 4) is 0 Å². The predicted molar refractivity (Wildman–Crippen MR) is 61.0 cm³/mol. The highest BCUT2D eigenvalue weighted by Crippen LogP contribution is 2.27. The van der Waals surface area contributed by atoms with Crippen LogP contribution in [0.15, 0.2) is 18.2 Å². The van der Waals surface area contributed by atoms with Crippen LogP contribution in [0.25, 0.3) is 0 Å². The number of nitrogens with one attached hydrogen (secondary N) is 2. The second kappa shape index (κ2) is 6.23. The van der Waals surface area contributed by atoms with Crippen LogP contribution < -0.4 is 10.6 Å². The fraction of sp³-hybridized carbons (Fsp3) is 0.455. The molecule has 100 valence electrons. The molecule has 1 aromatic rings. The number of pyridine rings is 1. The summed E-state index contributed by atoms with van der Waals surface area (Å²) in [5, 5.41) is 5.14. The lowest BCUT2D eigenvalue weighted by atomic mass is 10.3. The topological polar surface area (TPSA) is 54.0 Å². The summed E-state index contributed by atoms with van der Waals surface area (Å²) in [6.45, 7) is 2.34. The number of halogens is 3. The van der Waals surface area contributed by atoms with Crippen molar-refractivity contribution in [1.29, 1.82) is 0 Å². The Hall–Kier alpha value is -1.79. The van der Waals surface area contributed by atoms with Gasteiger partial charge in [-0.3, -0.25) is 4.79 Å². The highest BCUT2D eigenvalue weighted by atomic mass is 19.4. The molecule has 0 aliphatic rings. The summed E-state index contributed by atoms with van der Waals surface area (Å²) >= 11 is 0. The smallest absolute Gasteiger partial charge is 0.361 e. The molecule has 0 unspecified atom stereocenters. The molecule has 2 N–H and O–H groups in total. The van der Waals surface area contributed by atoms with Gasteiger partial charge in [0.05, 0.1) is 6.54 Å². The van der Waals surface area contributed by atoms with Gasteiger partial charge in [-0.25, -0.2) is 4.98 Å². The predicted octanol–water partition coefficient (Wildman–Crippen LogP) is 2.04. The monoisotopic (exact) mass is 261 g/mol. The number of carbonyl (C=O) groups is 1. The van der Waals surface area contributed by atoms with Crippen molar-refractivity contribution in [3.63, 3.8) is 0 Å². The number of rotatable bonds is 5. The van der Waals surface area contributed by atoms with Crippen LogP contribution in [0.1, 0.15) is 19.0 Å². The van der Waals surface area contributed by atoms with Crippen LogP contribution in [0.2, 0.25) is 0 Å². The minimum Gasteiger partial charge on any atom is -0.361 e. The summed E-state index contributed by atoms with van der Waals surface area (Å²) in [7, 11) is 0. The lowest BCUT2D eigenvalue weighted by Gasteiger charge is -2.09. The van der Waals surface area contributed by atoms with E-state index in [4.69, 9.17) is 0 Å². The molecule has 0 saturated carbocycles. The molecule has 18 heavy (non-hydrogen) atoms. The van der Waals surface area contributed by atoms with Crippen LogP contribution in [-0.4, -0.2) is 24.0 Å². The Labute approximate surface area is 103 Å². The molecule has 0 aromatic carbocycles. The fourth-order valence-corrected chi connectivity index (χ4v) is 1.19. The number of nitrogens with zero attached hydrogens (tertiary/aromatic N) is 1. The van der Waals surface area contributed by atoms with Crippen molar-refractivity contribution in [2.24, 2.45) is 0 Å². The zero-order valence-electron chi connectivity index (χ0n) is 9.84. The molecule has 0 atom stereocenters. The standard InChI is InChI=1S/C11H14F3N3O/c1-2-6-15-10(18)7-16-9-5-3-4-8(17-9)11(12,13)14/h3-5H,2,6-7H2,1H3,(H,15,18)(H,16,17). The summed E-state index contributed by atoms with van der Waals surface area (Å²) in [5.41, 5.74) is -0.985. The fourth-order valence-electron chi connectivity index (χ4n) is 1.19. The van der Waals surface area contributed by atoms with Gasteiger partial charge in [-0.15, -0.1) is 0 Å². The van der Waals surface area contributed by atoms with E-state index in [1.165, 1.54) is 12.1 Å². The largest absolute Gasteiger partial charge is 0.433 e. The van der Waals surface area contributed by atoms with Crippen LogP contribution in [0.5, 0.6) is 0 Å². The van der Waals surface area contributed by atoms with Gasteiger partial charge in [0.25, 0.3) is 0 Å². The molecule has 7 heteroatoms. The molecule has 0 aliphatic heterocycles. The van der Waals surface area contributed by atoms with Crippen LogP contribution >= 0.6 is 0 Å². The third-order valence-electron chi connectivity index (χ3n) is 2.04. The Kier molecular flexibility index (Phi) is 4.94. The minimum atomic E-state index is -4.48. The first kappa shape index (κ1) is 14.3. The SMILES string of the molecule is CCCNC(=O)CNc1cccc(C(F)(F)F)n1. The Morgan fingerprint density at radius 1 is 1.39 bits per heavy atom. The van der Waals surface area contributed by atoms with E-state index in [-0.39, 0.29) is 18.3 Å². The van der Waals surface area contributed by atoms with Crippen molar-refractivity contribution < 1.29 is 18.0 Å². The molecule has 0 spiro atoms. The lowest BCUT2D eigenvalue weighted by molar-refractivity contribution is -0.141. The zero-order chi connectivity index (χ0) is 13.6. The van der Waals surface area contributed by atoms with Gasteiger partial charge in [-0.2, -0.15) is 13.2 Å². The first-order chi connectivity index (χ1) is 8.43. The van der Waals surface area contributed by atoms with E-state index in [0.717, 1.165) is 12.5 Å². The van der Waals surface area contributed by atoms with Gasteiger partial charge in [-0.1, -0.05) is 13.0 Å². The quantitative estimate of drug-likeness (QED) is 0.852. The third kappa shape index (κ3) is 4.60. The summed E-state index contributed by atoms with van der Waals surface area (Å²) in [5.74, 6) is -0.257. The van der Waals surface area contributed by atoms with Gasteiger partial charge >= 0.3 is 6.18 Å². The molecule has 0 fully saturated rings. The van der Waals surface area contributed by atoms with E-state index in [0.29, 0.717) is 6.54 Å². The number of anilines is 1. The second-order valence-electron chi connectivity index (χ2n) is 3.61. The second-order valence-corrected chi connectivity index (χ2v) is 3.61. The zero-order valence-corrected chi connectivity index (χ0v) is 9.84. The number of hydrogen-bond donors (Lipinski definition) is 2. The summed E-state index contributed by atoms with van der Waals surface area (Å²) in [6, 6.07) is 3.49. The normalized spacial score (nSPS) is 11.1. The molecule has 0 saturated heterocycles. The van der Waals surface area contributed by atoms with E-state index in [1.807, 2.05) is 6.92 Å². The molecule has 1 amide bonds. The molecule has 0 aliphatic carbocycles. The number of carbonyl (C=O) groups excluding carboxylic acids is 1. The van der Waals surface area contributed by atoms with Gasteiger partial charge in [0, 0.05) is 6.54 Å². The molecule has 0 bridgehead atoms. The maximum Gasteiger partial charge on any atom is 0.433 e. The molecular weight excluding hydrogens is 247 g/mol. The van der Waals surface area contributed by atoms with E-state index in [1.54, 1.807) is 0 Å². The highest BCUT2D eigenvalue weighted by molar-refractivity contribution is 5.80. The molecule has 0 radical (unpaired) electrons. The van der Waals surface area contributed by atoms with Crippen LogP contribution in [0.4, 0.5) is 19.0 Å². The number of aromatic nitrogens is 1. The number of amides is 1. The van der Waals surface area contributed by atoms with Gasteiger partial charge in [0.2, 0.25) is 5.91 Å². The summed E-state index contributed by atoms with van der Waals surface area (Å²) in [4.78, 5) is 14.6. The molecule has 1 heterocycles. The van der Waals surface area contributed by atoms with Crippen molar-refractivity contribution in [2.45, 2.75) is 19.5 Å². The van der Waals surface area contributed by atoms with Gasteiger partial charge < -0.3 is 10.6 Å². The molecular formula is C11H14F3N3O. The summed E-state index contributed by atoms with van der Waals surface area (Å²) < 4.78 is 37.1. The minimum absolute atomic E-state index is 0.0245. The molecule has 4 nitrogen and oxygen atoms in total. The highest BCUT2D eigenvalue weighted by Gasteiger charge is 2.32. The summed E-state index contributed by atoms with van der Waals surface area (Å²) in [6.07, 6.45) is -3.68. The van der Waals surface area contributed by atoms with Crippen molar-refractivity contribution >= 4 is 11.7 Å².